The molecule has 1 rings (SSSR count). The molecule has 1 aliphatic carbocycles. The van der Waals surface area contributed by atoms with Gasteiger partial charge in [0.05, 0.1) is 11.1 Å². The summed E-state index contributed by atoms with van der Waals surface area (Å²) in [6, 6.07) is 0.0695. The number of rotatable bonds is 5. The second-order valence-corrected chi connectivity index (χ2v) is 6.63. The van der Waals surface area contributed by atoms with Crippen LogP contribution in [0.1, 0.15) is 40.5 Å². The second-order valence-electron chi connectivity index (χ2n) is 5.18. The maximum atomic E-state index is 11.6. The van der Waals surface area contributed by atoms with E-state index >= 15 is 0 Å². The van der Waals surface area contributed by atoms with E-state index in [1.165, 1.54) is 0 Å². The first kappa shape index (κ1) is 12.9. The van der Waals surface area contributed by atoms with Gasteiger partial charge in [0, 0.05) is 6.04 Å². The highest BCUT2D eigenvalue weighted by Crippen LogP contribution is 2.23. The number of hydrogen-bond acceptors (Lipinski definition) is 3. The highest BCUT2D eigenvalue weighted by Gasteiger charge is 2.39. The van der Waals surface area contributed by atoms with Crippen LogP contribution in [0.25, 0.3) is 0 Å². The monoisotopic (exact) mass is 236 g/mol. The molecule has 1 saturated carbocycles. The summed E-state index contributed by atoms with van der Waals surface area (Å²) in [4.78, 5) is 0. The molecule has 0 aromatic rings. The average molecular weight is 236 g/mol. The van der Waals surface area contributed by atoms with Crippen molar-refractivity contribution in [2.45, 2.75) is 57.7 Å². The van der Waals surface area contributed by atoms with Gasteiger partial charge in [-0.25, -0.2) is 0 Å². The van der Waals surface area contributed by atoms with Gasteiger partial charge < -0.3 is 5.11 Å². The van der Waals surface area contributed by atoms with Crippen molar-refractivity contribution in [3.8, 4) is 0 Å². The molecule has 5 nitrogen and oxygen atoms in total. The number of aliphatic hydroxyl groups is 1. The molecule has 0 amide bonds. The van der Waals surface area contributed by atoms with Crippen molar-refractivity contribution in [3.05, 3.63) is 0 Å². The largest absolute Gasteiger partial charge is 0.389 e. The van der Waals surface area contributed by atoms with E-state index in [0.29, 0.717) is 0 Å². The van der Waals surface area contributed by atoms with E-state index < -0.39 is 21.3 Å². The summed E-state index contributed by atoms with van der Waals surface area (Å²) in [6.07, 6.45) is 1.79. The summed E-state index contributed by atoms with van der Waals surface area (Å²) in [7, 11) is -3.52. The Bertz CT molecular complexity index is 326. The first-order valence-electron chi connectivity index (χ1n) is 5.07. The smallest absolute Gasteiger partial charge is 0.277 e. The fourth-order valence-corrected chi connectivity index (χ4v) is 2.57. The molecule has 0 spiro atoms. The summed E-state index contributed by atoms with van der Waals surface area (Å²) < 4.78 is 28.2. The Hall–Kier alpha value is -0.170. The number of nitrogens with one attached hydrogen (secondary N) is 2. The zero-order chi connectivity index (χ0) is 11.9. The van der Waals surface area contributed by atoms with Gasteiger partial charge in [0.2, 0.25) is 0 Å². The van der Waals surface area contributed by atoms with Gasteiger partial charge in [-0.2, -0.15) is 17.9 Å². The van der Waals surface area contributed by atoms with E-state index in [1.807, 2.05) is 0 Å². The van der Waals surface area contributed by atoms with Crippen LogP contribution in [0.2, 0.25) is 0 Å². The predicted molar refractivity (Wildman–Crippen MR) is 58.6 cm³/mol. The van der Waals surface area contributed by atoms with Crippen LogP contribution in [-0.2, 0) is 10.2 Å². The molecule has 0 bridgehead atoms. The van der Waals surface area contributed by atoms with Crippen LogP contribution < -0.4 is 9.44 Å². The van der Waals surface area contributed by atoms with Crippen molar-refractivity contribution in [2.24, 2.45) is 0 Å². The van der Waals surface area contributed by atoms with Crippen LogP contribution >= 0.6 is 0 Å². The summed E-state index contributed by atoms with van der Waals surface area (Å²) in [5.41, 5.74) is -2.03. The molecule has 0 aromatic carbocycles. The van der Waals surface area contributed by atoms with Crippen LogP contribution in [0, 0.1) is 0 Å². The highest BCUT2D eigenvalue weighted by atomic mass is 32.2. The topological polar surface area (TPSA) is 78.4 Å². The lowest BCUT2D eigenvalue weighted by Crippen LogP contribution is -2.60. The summed E-state index contributed by atoms with van der Waals surface area (Å²) in [5.74, 6) is 0. The summed E-state index contributed by atoms with van der Waals surface area (Å²) in [5, 5.41) is 9.80. The van der Waals surface area contributed by atoms with Gasteiger partial charge in [-0.3, -0.25) is 0 Å². The molecule has 0 aromatic heterocycles. The third-order valence-electron chi connectivity index (χ3n) is 2.82. The van der Waals surface area contributed by atoms with Crippen LogP contribution in [0.4, 0.5) is 0 Å². The van der Waals surface area contributed by atoms with E-state index in [4.69, 9.17) is 0 Å². The molecular formula is C9H20N2O3S. The maximum absolute atomic E-state index is 11.6. The molecular weight excluding hydrogens is 216 g/mol. The Kier molecular flexibility index (Phi) is 3.17. The van der Waals surface area contributed by atoms with Crippen molar-refractivity contribution >= 4 is 10.2 Å². The molecule has 1 aliphatic rings. The lowest BCUT2D eigenvalue weighted by molar-refractivity contribution is 0.00622. The van der Waals surface area contributed by atoms with Crippen LogP contribution in [0.3, 0.4) is 0 Å². The van der Waals surface area contributed by atoms with E-state index in [2.05, 4.69) is 9.44 Å². The van der Waals surface area contributed by atoms with Gasteiger partial charge in [-0.05, 0) is 40.5 Å². The molecule has 0 aliphatic heterocycles. The molecule has 0 atom stereocenters. The lowest BCUT2D eigenvalue weighted by Gasteiger charge is -2.37. The standard InChI is InChI=1S/C9H20N2O3S/c1-8(2,9(3,4)12)11-15(13,14)10-7-5-6-7/h7,10-12H,5-6H2,1-4H3. The SMILES string of the molecule is CC(C)(O)C(C)(C)NS(=O)(=O)NC1CC1. The van der Waals surface area contributed by atoms with Gasteiger partial charge in [-0.1, -0.05) is 0 Å². The molecule has 1 fully saturated rings. The van der Waals surface area contributed by atoms with Crippen LogP contribution in [-0.4, -0.2) is 30.7 Å². The van der Waals surface area contributed by atoms with Gasteiger partial charge in [-0.15, -0.1) is 0 Å². The second kappa shape index (κ2) is 3.69. The Labute approximate surface area is 91.4 Å². The fourth-order valence-electron chi connectivity index (χ4n) is 0.911. The predicted octanol–water partition coefficient (Wildman–Crippen LogP) is 0.122. The first-order chi connectivity index (χ1) is 6.54. The van der Waals surface area contributed by atoms with E-state index in [1.54, 1.807) is 27.7 Å². The van der Waals surface area contributed by atoms with Gasteiger partial charge in [0.25, 0.3) is 10.2 Å². The molecule has 0 heterocycles. The Balaban J connectivity index is 2.66. The average Bonchev–Trinajstić information content (AvgIpc) is 2.64. The van der Waals surface area contributed by atoms with Crippen molar-refractivity contribution in [1.82, 2.24) is 9.44 Å². The molecule has 3 N–H and O–H groups in total. The van der Waals surface area contributed by atoms with Gasteiger partial charge in [0.15, 0.2) is 0 Å². The molecule has 0 unspecified atom stereocenters. The Morgan fingerprint density at radius 2 is 1.67 bits per heavy atom. The van der Waals surface area contributed by atoms with Crippen molar-refractivity contribution < 1.29 is 13.5 Å². The van der Waals surface area contributed by atoms with E-state index in [-0.39, 0.29) is 6.04 Å². The van der Waals surface area contributed by atoms with Crippen molar-refractivity contribution in [3.63, 3.8) is 0 Å². The quantitative estimate of drug-likeness (QED) is 0.634. The highest BCUT2D eigenvalue weighted by molar-refractivity contribution is 7.87. The number of hydrogen-bond donors (Lipinski definition) is 3. The molecule has 0 radical (unpaired) electrons. The van der Waals surface area contributed by atoms with Crippen LogP contribution in [0.15, 0.2) is 0 Å². The summed E-state index contributed by atoms with van der Waals surface area (Å²) in [6.45, 7) is 6.46. The molecule has 90 valence electrons. The van der Waals surface area contributed by atoms with Gasteiger partial charge >= 0.3 is 0 Å². The van der Waals surface area contributed by atoms with E-state index in [9.17, 15) is 13.5 Å². The third-order valence-corrected chi connectivity index (χ3v) is 4.24. The normalized spacial score (nSPS) is 19.3. The molecule has 0 saturated heterocycles. The van der Waals surface area contributed by atoms with Crippen LogP contribution in [0.5, 0.6) is 0 Å². The summed E-state index contributed by atoms with van der Waals surface area (Å²) >= 11 is 0. The Morgan fingerprint density at radius 1 is 1.20 bits per heavy atom. The fraction of sp³-hybridized carbons (Fsp3) is 1.00. The van der Waals surface area contributed by atoms with Crippen molar-refractivity contribution in [1.29, 1.82) is 0 Å². The zero-order valence-corrected chi connectivity index (χ0v) is 10.5. The molecule has 15 heavy (non-hydrogen) atoms. The maximum Gasteiger partial charge on any atom is 0.277 e. The minimum absolute atomic E-state index is 0.0695. The minimum atomic E-state index is -3.52. The minimum Gasteiger partial charge on any atom is -0.389 e. The Morgan fingerprint density at radius 3 is 2.00 bits per heavy atom. The van der Waals surface area contributed by atoms with E-state index in [0.717, 1.165) is 12.8 Å². The third kappa shape index (κ3) is 3.71. The first-order valence-corrected chi connectivity index (χ1v) is 6.55. The lowest BCUT2D eigenvalue weighted by atomic mass is 9.87. The van der Waals surface area contributed by atoms with Crippen molar-refractivity contribution in [2.75, 3.05) is 0 Å². The van der Waals surface area contributed by atoms with Gasteiger partial charge in [0.1, 0.15) is 0 Å². The zero-order valence-electron chi connectivity index (χ0n) is 9.66. The molecule has 6 heteroatoms.